The summed E-state index contributed by atoms with van der Waals surface area (Å²) in [6.07, 6.45) is 2.78. The van der Waals surface area contributed by atoms with Crippen LogP contribution in [0.2, 0.25) is 0 Å². The molecule has 1 aliphatic heterocycles. The number of benzene rings is 1. The maximum absolute atomic E-state index is 12.1. The highest BCUT2D eigenvalue weighted by Gasteiger charge is 2.28. The largest absolute Gasteiger partial charge is 0.378 e. The van der Waals surface area contributed by atoms with Crippen LogP contribution in [0.1, 0.15) is 12.0 Å². The lowest BCUT2D eigenvalue weighted by atomic mass is 10.1. The summed E-state index contributed by atoms with van der Waals surface area (Å²) in [7, 11) is 1.02. The zero-order valence-electron chi connectivity index (χ0n) is 14.7. The maximum Gasteiger partial charge on any atom is 0.317 e. The summed E-state index contributed by atoms with van der Waals surface area (Å²) in [6.45, 7) is 1.73. The number of nitrogens with one attached hydrogen (secondary N) is 1. The Labute approximate surface area is 144 Å². The van der Waals surface area contributed by atoms with Crippen LogP contribution in [0.3, 0.4) is 0 Å². The first kappa shape index (κ1) is 18.6. The second-order valence-electron chi connectivity index (χ2n) is 6.74. The lowest BCUT2D eigenvalue weighted by Crippen LogP contribution is -2.39. The van der Waals surface area contributed by atoms with E-state index in [0.29, 0.717) is 19.6 Å². The van der Waals surface area contributed by atoms with Gasteiger partial charge in [0.15, 0.2) is 0 Å². The molecule has 2 rings (SSSR count). The molecular weight excluding hydrogens is 326 g/mol. The number of sulfone groups is 1. The molecule has 1 N–H and O–H groups in total. The summed E-state index contributed by atoms with van der Waals surface area (Å²) in [5.74, 6) is 0.221. The normalized spacial score (nSPS) is 17.8. The van der Waals surface area contributed by atoms with Gasteiger partial charge in [0.25, 0.3) is 0 Å². The van der Waals surface area contributed by atoms with Crippen LogP contribution >= 0.6 is 0 Å². The van der Waals surface area contributed by atoms with Crippen molar-refractivity contribution in [1.29, 1.82) is 0 Å². The van der Waals surface area contributed by atoms with E-state index in [4.69, 9.17) is 0 Å². The zero-order chi connectivity index (χ0) is 17.7. The molecule has 1 aromatic rings. The highest BCUT2D eigenvalue weighted by atomic mass is 32.2. The van der Waals surface area contributed by atoms with Gasteiger partial charge >= 0.3 is 6.03 Å². The van der Waals surface area contributed by atoms with Crippen molar-refractivity contribution in [3.63, 3.8) is 0 Å². The van der Waals surface area contributed by atoms with Gasteiger partial charge in [-0.3, -0.25) is 0 Å². The Kier molecular flexibility index (Phi) is 6.10. The summed E-state index contributed by atoms with van der Waals surface area (Å²) in [5.41, 5.74) is 2.33. The molecule has 1 saturated heterocycles. The molecule has 0 aliphatic carbocycles. The molecule has 0 saturated carbocycles. The quantitative estimate of drug-likeness (QED) is 0.839. The van der Waals surface area contributed by atoms with Gasteiger partial charge in [-0.2, -0.15) is 0 Å². The van der Waals surface area contributed by atoms with Gasteiger partial charge in [-0.15, -0.1) is 0 Å². The molecule has 0 bridgehead atoms. The minimum Gasteiger partial charge on any atom is -0.378 e. The monoisotopic (exact) mass is 353 g/mol. The third-order valence-corrected chi connectivity index (χ3v) is 5.33. The molecule has 0 aromatic heterocycles. The van der Waals surface area contributed by atoms with E-state index in [0.717, 1.165) is 18.5 Å². The number of rotatable bonds is 6. The topological polar surface area (TPSA) is 69.7 Å². The van der Waals surface area contributed by atoms with Crippen molar-refractivity contribution >= 4 is 21.6 Å². The maximum atomic E-state index is 12.1. The summed E-state index contributed by atoms with van der Waals surface area (Å²) in [5, 5.41) is 2.92. The highest BCUT2D eigenvalue weighted by Crippen LogP contribution is 2.18. The predicted molar refractivity (Wildman–Crippen MR) is 97.3 cm³/mol. The zero-order valence-corrected chi connectivity index (χ0v) is 15.5. The number of anilines is 1. The van der Waals surface area contributed by atoms with Crippen LogP contribution in [0.5, 0.6) is 0 Å². The molecule has 24 heavy (non-hydrogen) atoms. The van der Waals surface area contributed by atoms with E-state index in [1.165, 1.54) is 11.8 Å². The van der Waals surface area contributed by atoms with E-state index in [-0.39, 0.29) is 17.7 Å². The summed E-state index contributed by atoms with van der Waals surface area (Å²) >= 11 is 0. The van der Waals surface area contributed by atoms with E-state index in [1.54, 1.807) is 4.90 Å². The van der Waals surface area contributed by atoms with Gasteiger partial charge in [0.2, 0.25) is 0 Å². The molecule has 1 fully saturated rings. The van der Waals surface area contributed by atoms with Crippen molar-refractivity contribution in [2.24, 2.45) is 5.92 Å². The summed E-state index contributed by atoms with van der Waals surface area (Å²) in [4.78, 5) is 15.9. The van der Waals surface area contributed by atoms with Crippen LogP contribution in [-0.4, -0.2) is 65.1 Å². The first-order chi connectivity index (χ1) is 11.2. The van der Waals surface area contributed by atoms with Gasteiger partial charge < -0.3 is 15.1 Å². The molecule has 1 aromatic carbocycles. The smallest absolute Gasteiger partial charge is 0.317 e. The lowest BCUT2D eigenvalue weighted by molar-refractivity contribution is 0.207. The van der Waals surface area contributed by atoms with Crippen molar-refractivity contribution in [2.45, 2.75) is 12.8 Å². The van der Waals surface area contributed by atoms with Crippen molar-refractivity contribution in [1.82, 2.24) is 10.2 Å². The average Bonchev–Trinajstić information content (AvgIpc) is 2.94. The molecule has 0 radical (unpaired) electrons. The molecule has 0 unspecified atom stereocenters. The Morgan fingerprint density at radius 3 is 2.54 bits per heavy atom. The Balaban J connectivity index is 1.73. The van der Waals surface area contributed by atoms with E-state index in [1.807, 2.05) is 19.0 Å². The number of nitrogens with zero attached hydrogens (tertiary/aromatic N) is 2. The molecule has 1 atom stereocenters. The third-order valence-electron chi connectivity index (χ3n) is 4.25. The summed E-state index contributed by atoms with van der Waals surface area (Å²) < 4.78 is 22.7. The van der Waals surface area contributed by atoms with Gasteiger partial charge in [-0.1, -0.05) is 12.1 Å². The van der Waals surface area contributed by atoms with Crippen molar-refractivity contribution in [2.75, 3.05) is 50.6 Å². The average molecular weight is 353 g/mol. The van der Waals surface area contributed by atoms with E-state index >= 15 is 0 Å². The van der Waals surface area contributed by atoms with Gasteiger partial charge in [0.05, 0.1) is 5.75 Å². The summed E-state index contributed by atoms with van der Waals surface area (Å²) in [6, 6.07) is 8.16. The van der Waals surface area contributed by atoms with Gasteiger partial charge in [-0.25, -0.2) is 13.2 Å². The number of hydrogen-bond acceptors (Lipinski definition) is 4. The van der Waals surface area contributed by atoms with Crippen LogP contribution in [0.25, 0.3) is 0 Å². The van der Waals surface area contributed by atoms with Crippen LogP contribution < -0.4 is 10.2 Å². The van der Waals surface area contributed by atoms with E-state index in [9.17, 15) is 13.2 Å². The van der Waals surface area contributed by atoms with Crippen LogP contribution in [0.4, 0.5) is 10.5 Å². The number of hydrogen-bond donors (Lipinski definition) is 1. The van der Waals surface area contributed by atoms with Crippen molar-refractivity contribution in [3.05, 3.63) is 29.8 Å². The van der Waals surface area contributed by atoms with Crippen LogP contribution in [0.15, 0.2) is 24.3 Å². The van der Waals surface area contributed by atoms with Crippen molar-refractivity contribution in [3.8, 4) is 0 Å². The second-order valence-corrected chi connectivity index (χ2v) is 8.92. The Hall–Kier alpha value is -1.76. The molecular formula is C17H27N3O3S. The number of likely N-dealkylation sites (tertiary alicyclic amines) is 1. The number of urea groups is 1. The minimum absolute atomic E-state index is 0.0596. The number of carbonyl (C=O) groups excluding carboxylic acids is 1. The molecule has 1 heterocycles. The fourth-order valence-electron chi connectivity index (χ4n) is 2.97. The predicted octanol–water partition coefficient (Wildman–Crippen LogP) is 1.37. The molecule has 7 heteroatoms. The lowest BCUT2D eigenvalue weighted by Gasteiger charge is -2.17. The number of carbonyl (C=O) groups is 1. The fraction of sp³-hybridized carbons (Fsp3) is 0.588. The minimum atomic E-state index is -2.98. The van der Waals surface area contributed by atoms with Gasteiger partial charge in [-0.05, 0) is 36.5 Å². The Morgan fingerprint density at radius 2 is 1.96 bits per heavy atom. The standard InChI is InChI=1S/C17H27N3O3S/c1-19(2)16-6-4-14(5-7-16)8-10-18-17(21)20-11-9-15(12-20)13-24(3,22)23/h4-7,15H,8-13H2,1-3H3,(H,18,21)/t15-/m1/s1. The van der Waals surface area contributed by atoms with Gasteiger partial charge in [0, 0.05) is 45.7 Å². The first-order valence-electron chi connectivity index (χ1n) is 8.21. The SMILES string of the molecule is CN(C)c1ccc(CCNC(=O)N2CC[C@@H](CS(C)(=O)=O)C2)cc1. The van der Waals surface area contributed by atoms with Gasteiger partial charge in [0.1, 0.15) is 9.84 Å². The fourth-order valence-corrected chi connectivity index (χ4v) is 4.10. The van der Waals surface area contributed by atoms with Crippen molar-refractivity contribution < 1.29 is 13.2 Å². The molecule has 2 amide bonds. The van der Waals surface area contributed by atoms with Crippen LogP contribution in [0, 0.1) is 5.92 Å². The Bertz CT molecular complexity index is 656. The molecule has 134 valence electrons. The first-order valence-corrected chi connectivity index (χ1v) is 10.3. The van der Waals surface area contributed by atoms with E-state index < -0.39 is 9.84 Å². The third kappa shape index (κ3) is 5.70. The molecule has 6 nitrogen and oxygen atoms in total. The highest BCUT2D eigenvalue weighted by molar-refractivity contribution is 7.90. The van der Waals surface area contributed by atoms with Crippen LogP contribution in [-0.2, 0) is 16.3 Å². The molecule has 1 aliphatic rings. The Morgan fingerprint density at radius 1 is 1.29 bits per heavy atom. The number of amides is 2. The molecule has 0 spiro atoms. The van der Waals surface area contributed by atoms with E-state index in [2.05, 4.69) is 29.6 Å². The second kappa shape index (κ2) is 7.88.